The lowest BCUT2D eigenvalue weighted by molar-refractivity contribution is 0.192. The van der Waals surface area contributed by atoms with Gasteiger partial charge in [-0.15, -0.1) is 11.6 Å². The van der Waals surface area contributed by atoms with Gasteiger partial charge in [0.25, 0.3) is 0 Å². The minimum absolute atomic E-state index is 0.180. The third-order valence-electron chi connectivity index (χ3n) is 3.13. The van der Waals surface area contributed by atoms with Crippen LogP contribution in [0.2, 0.25) is 0 Å². The molecule has 0 aliphatic rings. The lowest BCUT2D eigenvalue weighted by atomic mass is 10.2. The van der Waals surface area contributed by atoms with E-state index in [-0.39, 0.29) is 11.4 Å². The first-order valence-corrected chi connectivity index (χ1v) is 8.26. The van der Waals surface area contributed by atoms with Crippen molar-refractivity contribution in [3.05, 3.63) is 36.7 Å². The lowest BCUT2D eigenvalue weighted by Crippen LogP contribution is -2.34. The van der Waals surface area contributed by atoms with E-state index in [1.807, 2.05) is 6.07 Å². The average Bonchev–Trinajstić information content (AvgIpc) is 2.46. The molecule has 0 radical (unpaired) electrons. The quantitative estimate of drug-likeness (QED) is 0.762. The Morgan fingerprint density at radius 3 is 2.86 bits per heavy atom. The normalized spacial score (nSPS) is 13.7. The number of ether oxygens (including phenoxy) is 1. The van der Waals surface area contributed by atoms with Gasteiger partial charge in [0, 0.05) is 43.9 Å². The number of benzene rings is 1. The van der Waals surface area contributed by atoms with E-state index in [4.69, 9.17) is 16.3 Å². The van der Waals surface area contributed by atoms with Gasteiger partial charge < -0.3 is 4.74 Å². The van der Waals surface area contributed by atoms with E-state index in [2.05, 4.69) is 4.98 Å². The van der Waals surface area contributed by atoms with Crippen molar-refractivity contribution in [3.8, 4) is 0 Å². The number of rotatable bonds is 6. The van der Waals surface area contributed by atoms with Gasteiger partial charge in [0.2, 0.25) is 10.0 Å². The van der Waals surface area contributed by atoms with Gasteiger partial charge in [0.1, 0.15) is 0 Å². The number of alkyl halides is 1. The molecule has 5 nitrogen and oxygen atoms in total. The van der Waals surface area contributed by atoms with Gasteiger partial charge in [-0.3, -0.25) is 4.98 Å². The molecule has 21 heavy (non-hydrogen) atoms. The second kappa shape index (κ2) is 6.70. The molecule has 2 aromatic rings. The van der Waals surface area contributed by atoms with E-state index in [0.717, 1.165) is 5.39 Å². The van der Waals surface area contributed by atoms with Crippen molar-refractivity contribution in [2.75, 3.05) is 27.3 Å². The summed E-state index contributed by atoms with van der Waals surface area (Å²) in [6.07, 6.45) is 3.22. The number of pyridine rings is 1. The van der Waals surface area contributed by atoms with Crippen molar-refractivity contribution in [1.82, 2.24) is 9.29 Å². The Bertz CT molecular complexity index is 716. The first-order chi connectivity index (χ1) is 9.96. The molecule has 0 fully saturated rings. The molecule has 1 aromatic carbocycles. The third-order valence-corrected chi connectivity index (χ3v) is 5.28. The smallest absolute Gasteiger partial charge is 0.243 e. The Hall–Kier alpha value is -1.21. The monoisotopic (exact) mass is 328 g/mol. The molecule has 1 atom stereocenters. The van der Waals surface area contributed by atoms with Crippen LogP contribution in [0.5, 0.6) is 0 Å². The molecular formula is C14H17ClN2O3S. The SMILES string of the molecule is COCC(Cl)CN(C)S(=O)(=O)c1cccc2cnccc12. The number of sulfonamides is 1. The van der Waals surface area contributed by atoms with Gasteiger partial charge in [-0.05, 0) is 12.1 Å². The summed E-state index contributed by atoms with van der Waals surface area (Å²) in [5.74, 6) is 0. The number of halogens is 1. The zero-order valence-electron chi connectivity index (χ0n) is 11.9. The first kappa shape index (κ1) is 16.2. The van der Waals surface area contributed by atoms with Crippen LogP contribution in [0.4, 0.5) is 0 Å². The zero-order valence-corrected chi connectivity index (χ0v) is 13.4. The standard InChI is InChI=1S/C14H17ClN2O3S/c1-17(9-12(15)10-20-2)21(18,19)14-5-3-4-11-8-16-7-6-13(11)14/h3-8,12H,9-10H2,1-2H3. The van der Waals surface area contributed by atoms with Crippen LogP contribution in [0.25, 0.3) is 10.8 Å². The topological polar surface area (TPSA) is 59.5 Å². The molecule has 0 aliphatic heterocycles. The maximum Gasteiger partial charge on any atom is 0.243 e. The second-order valence-electron chi connectivity index (χ2n) is 4.69. The minimum Gasteiger partial charge on any atom is -0.383 e. The van der Waals surface area contributed by atoms with Gasteiger partial charge in [-0.2, -0.15) is 4.31 Å². The number of nitrogens with zero attached hydrogens (tertiary/aromatic N) is 2. The van der Waals surface area contributed by atoms with Crippen LogP contribution in [0.15, 0.2) is 41.6 Å². The number of hydrogen-bond donors (Lipinski definition) is 0. The average molecular weight is 329 g/mol. The molecule has 114 valence electrons. The van der Waals surface area contributed by atoms with E-state index in [1.54, 1.807) is 30.6 Å². The van der Waals surface area contributed by atoms with E-state index in [9.17, 15) is 8.42 Å². The van der Waals surface area contributed by atoms with E-state index in [0.29, 0.717) is 12.0 Å². The first-order valence-electron chi connectivity index (χ1n) is 6.39. The van der Waals surface area contributed by atoms with Crippen molar-refractivity contribution in [1.29, 1.82) is 0 Å². The van der Waals surface area contributed by atoms with Crippen LogP contribution >= 0.6 is 11.6 Å². The van der Waals surface area contributed by atoms with Crippen LogP contribution in [-0.4, -0.2) is 50.4 Å². The van der Waals surface area contributed by atoms with Gasteiger partial charge in [0.05, 0.1) is 16.9 Å². The highest BCUT2D eigenvalue weighted by Crippen LogP contribution is 2.24. The molecule has 0 bridgehead atoms. The zero-order chi connectivity index (χ0) is 15.5. The Labute approximate surface area is 129 Å². The molecule has 2 rings (SSSR count). The summed E-state index contributed by atoms with van der Waals surface area (Å²) in [5, 5.41) is 1.04. The Balaban J connectivity index is 2.38. The molecule has 0 N–H and O–H groups in total. The Morgan fingerprint density at radius 2 is 2.14 bits per heavy atom. The molecule has 0 saturated heterocycles. The summed E-state index contributed by atoms with van der Waals surface area (Å²) >= 11 is 6.05. The molecule has 7 heteroatoms. The van der Waals surface area contributed by atoms with Crippen LogP contribution in [-0.2, 0) is 14.8 Å². The van der Waals surface area contributed by atoms with E-state index >= 15 is 0 Å². The maximum absolute atomic E-state index is 12.7. The largest absolute Gasteiger partial charge is 0.383 e. The minimum atomic E-state index is -3.61. The molecule has 1 heterocycles. The molecule has 0 spiro atoms. The fourth-order valence-electron chi connectivity index (χ4n) is 2.10. The molecule has 1 aromatic heterocycles. The number of aromatic nitrogens is 1. The molecule has 0 aliphatic carbocycles. The van der Waals surface area contributed by atoms with E-state index < -0.39 is 15.4 Å². The molecule has 0 saturated carbocycles. The van der Waals surface area contributed by atoms with Crippen LogP contribution in [0.1, 0.15) is 0 Å². The van der Waals surface area contributed by atoms with Crippen molar-refractivity contribution in [2.45, 2.75) is 10.3 Å². The van der Waals surface area contributed by atoms with E-state index in [1.165, 1.54) is 18.5 Å². The molecular weight excluding hydrogens is 312 g/mol. The van der Waals surface area contributed by atoms with Crippen molar-refractivity contribution >= 4 is 32.4 Å². The highest BCUT2D eigenvalue weighted by Gasteiger charge is 2.24. The van der Waals surface area contributed by atoms with Crippen LogP contribution in [0.3, 0.4) is 0 Å². The maximum atomic E-state index is 12.7. The number of hydrogen-bond acceptors (Lipinski definition) is 4. The summed E-state index contributed by atoms with van der Waals surface area (Å²) in [4.78, 5) is 4.26. The second-order valence-corrected chi connectivity index (χ2v) is 7.32. The molecule has 1 unspecified atom stereocenters. The van der Waals surface area contributed by atoms with Crippen LogP contribution < -0.4 is 0 Å². The van der Waals surface area contributed by atoms with Crippen LogP contribution in [0, 0.1) is 0 Å². The Kier molecular flexibility index (Phi) is 5.16. The van der Waals surface area contributed by atoms with Crippen molar-refractivity contribution in [3.63, 3.8) is 0 Å². The molecule has 0 amide bonds. The van der Waals surface area contributed by atoms with Gasteiger partial charge in [-0.1, -0.05) is 12.1 Å². The summed E-state index contributed by atoms with van der Waals surface area (Å²) in [6.45, 7) is 0.472. The Morgan fingerprint density at radius 1 is 1.38 bits per heavy atom. The summed E-state index contributed by atoms with van der Waals surface area (Å²) in [6, 6.07) is 6.83. The fourth-order valence-corrected chi connectivity index (χ4v) is 3.94. The summed E-state index contributed by atoms with van der Waals surface area (Å²) in [7, 11) is -0.570. The van der Waals surface area contributed by atoms with Gasteiger partial charge in [0.15, 0.2) is 0 Å². The predicted octanol–water partition coefficient (Wildman–Crippen LogP) is 2.11. The van der Waals surface area contributed by atoms with Gasteiger partial charge in [-0.25, -0.2) is 8.42 Å². The number of fused-ring (bicyclic) bond motifs is 1. The summed E-state index contributed by atoms with van der Waals surface area (Å²) < 4.78 is 31.6. The third kappa shape index (κ3) is 3.52. The van der Waals surface area contributed by atoms with Gasteiger partial charge >= 0.3 is 0 Å². The summed E-state index contributed by atoms with van der Waals surface area (Å²) in [5.41, 5.74) is 0. The van der Waals surface area contributed by atoms with Crippen molar-refractivity contribution < 1.29 is 13.2 Å². The lowest BCUT2D eigenvalue weighted by Gasteiger charge is -2.20. The predicted molar refractivity (Wildman–Crippen MR) is 83.1 cm³/mol. The highest BCUT2D eigenvalue weighted by molar-refractivity contribution is 7.89. The highest BCUT2D eigenvalue weighted by atomic mass is 35.5. The fraction of sp³-hybridized carbons (Fsp3) is 0.357. The van der Waals surface area contributed by atoms with Crippen molar-refractivity contribution in [2.24, 2.45) is 0 Å². The number of methoxy groups -OCH3 is 1.